The number of hydrogen-bond donors (Lipinski definition) is 0. The topological polar surface area (TPSA) is 37.5 Å². The highest BCUT2D eigenvalue weighted by atomic mass is 15.2. The van der Waals surface area contributed by atoms with Gasteiger partial charge in [0.15, 0.2) is 11.6 Å². The Morgan fingerprint density at radius 3 is 0.521 bits per heavy atom. The molecular formula is C65H40N6. The fourth-order valence-corrected chi connectivity index (χ4v) is 12.3. The lowest BCUT2D eigenvalue weighted by molar-refractivity contribution is 0.935. The van der Waals surface area contributed by atoms with E-state index in [4.69, 9.17) is 4.98 Å². The van der Waals surface area contributed by atoms with E-state index in [-0.39, 0.29) is 0 Å². The Morgan fingerprint density at radius 2 is 0.324 bits per heavy atom. The van der Waals surface area contributed by atoms with E-state index in [0.29, 0.717) is 0 Å². The summed E-state index contributed by atoms with van der Waals surface area (Å²) in [7, 11) is 0. The van der Waals surface area contributed by atoms with Gasteiger partial charge in [0.1, 0.15) is 17.1 Å². The first-order valence-electron chi connectivity index (χ1n) is 24.3. The minimum absolute atomic E-state index is 0.812. The van der Waals surface area contributed by atoms with E-state index in [2.05, 4.69) is 265 Å². The highest BCUT2D eigenvalue weighted by molar-refractivity contribution is 6.16. The third-order valence-electron chi connectivity index (χ3n) is 15.1. The number of fused-ring (bicyclic) bond motifs is 15. The third kappa shape index (κ3) is 5.12. The van der Waals surface area contributed by atoms with Crippen LogP contribution >= 0.6 is 0 Å². The van der Waals surface area contributed by atoms with Crippen LogP contribution in [0.15, 0.2) is 243 Å². The van der Waals surface area contributed by atoms with Gasteiger partial charge in [-0.1, -0.05) is 182 Å². The number of aromatic nitrogens is 6. The number of pyridine rings is 1. The first-order valence-corrected chi connectivity index (χ1v) is 24.3. The summed E-state index contributed by atoms with van der Waals surface area (Å²) in [6, 6.07) is 88.6. The molecule has 0 atom stereocenters. The summed E-state index contributed by atoms with van der Waals surface area (Å²) in [5, 5.41) is 11.7. The Labute approximate surface area is 406 Å². The minimum Gasteiger partial charge on any atom is -0.305 e. The molecule has 6 nitrogen and oxygen atoms in total. The molecule has 6 heteroatoms. The lowest BCUT2D eigenvalue weighted by Gasteiger charge is -2.27. The van der Waals surface area contributed by atoms with Crippen molar-refractivity contribution in [1.82, 2.24) is 27.8 Å². The average molecular weight is 905 g/mol. The van der Waals surface area contributed by atoms with Crippen LogP contribution in [0.25, 0.3) is 138 Å². The molecule has 0 saturated carbocycles. The van der Waals surface area contributed by atoms with Crippen LogP contribution in [0.1, 0.15) is 0 Å². The zero-order valence-electron chi connectivity index (χ0n) is 38.3. The van der Waals surface area contributed by atoms with Gasteiger partial charge in [-0.15, -0.1) is 0 Å². The van der Waals surface area contributed by atoms with Crippen molar-refractivity contribution >= 4 is 109 Å². The first kappa shape index (κ1) is 38.3. The van der Waals surface area contributed by atoms with Gasteiger partial charge in [0.25, 0.3) is 0 Å². The van der Waals surface area contributed by atoms with Crippen LogP contribution in [0, 0.1) is 0 Å². The largest absolute Gasteiger partial charge is 0.305 e. The normalized spacial score (nSPS) is 12.2. The molecule has 6 aromatic heterocycles. The van der Waals surface area contributed by atoms with E-state index in [1.54, 1.807) is 0 Å². The van der Waals surface area contributed by atoms with Gasteiger partial charge >= 0.3 is 0 Å². The highest BCUT2D eigenvalue weighted by Crippen LogP contribution is 2.48. The molecule has 0 unspecified atom stereocenters. The number of nitrogens with zero attached hydrogens (tertiary/aromatic N) is 6. The maximum Gasteiger partial charge on any atom is 0.166 e. The van der Waals surface area contributed by atoms with Crippen molar-refractivity contribution < 1.29 is 0 Å². The Kier molecular flexibility index (Phi) is 7.79. The molecule has 0 aliphatic rings. The van der Waals surface area contributed by atoms with Crippen LogP contribution in [0.4, 0.5) is 0 Å². The predicted octanol–water partition coefficient (Wildman–Crippen LogP) is 16.6. The van der Waals surface area contributed by atoms with Gasteiger partial charge in [0, 0.05) is 53.9 Å². The quantitative estimate of drug-likeness (QED) is 0.170. The van der Waals surface area contributed by atoms with Crippen LogP contribution in [-0.4, -0.2) is 27.8 Å². The van der Waals surface area contributed by atoms with Crippen molar-refractivity contribution in [3.05, 3.63) is 243 Å². The van der Waals surface area contributed by atoms with Crippen molar-refractivity contribution in [2.24, 2.45) is 0 Å². The lowest BCUT2D eigenvalue weighted by Crippen LogP contribution is -2.18. The minimum atomic E-state index is 0.812. The van der Waals surface area contributed by atoms with Crippen LogP contribution < -0.4 is 0 Å². The van der Waals surface area contributed by atoms with Crippen LogP contribution in [0.3, 0.4) is 0 Å². The molecule has 0 aliphatic carbocycles. The number of hydrogen-bond acceptors (Lipinski definition) is 1. The van der Waals surface area contributed by atoms with E-state index in [9.17, 15) is 0 Å². The summed E-state index contributed by atoms with van der Waals surface area (Å²) in [6.07, 6.45) is 0. The van der Waals surface area contributed by atoms with E-state index in [1.807, 2.05) is 0 Å². The van der Waals surface area contributed by atoms with Crippen molar-refractivity contribution in [2.75, 3.05) is 0 Å². The maximum atomic E-state index is 6.40. The molecule has 330 valence electrons. The molecule has 0 bridgehead atoms. The highest BCUT2D eigenvalue weighted by Gasteiger charge is 2.34. The summed E-state index contributed by atoms with van der Waals surface area (Å²) in [6.45, 7) is 0. The molecule has 16 aromatic rings. The fraction of sp³-hybridized carbons (Fsp3) is 0. The van der Waals surface area contributed by atoms with Crippen molar-refractivity contribution in [1.29, 1.82) is 0 Å². The molecule has 16 rings (SSSR count). The Morgan fingerprint density at radius 1 is 0.169 bits per heavy atom. The van der Waals surface area contributed by atoms with Crippen molar-refractivity contribution in [2.45, 2.75) is 0 Å². The van der Waals surface area contributed by atoms with Crippen LogP contribution in [0.5, 0.6) is 0 Å². The second kappa shape index (κ2) is 14.4. The molecule has 0 aliphatic heterocycles. The molecular weight excluding hydrogens is 865 g/mol. The SMILES string of the molecule is c1ccc2c(c1)c1ccccc1n2-c1nc(-n2c3ccccc3c3ccccc32)c(-n2c3ccccc3c3ccccc32)c(-n2c3ccccc3c3ccccc32)c1-n1c2ccccc2c2ccccc21. The van der Waals surface area contributed by atoms with Gasteiger partial charge in [-0.25, -0.2) is 4.98 Å². The molecule has 0 saturated heterocycles. The van der Waals surface area contributed by atoms with Gasteiger partial charge in [-0.3, -0.25) is 9.13 Å². The Hall–Kier alpha value is -9.65. The van der Waals surface area contributed by atoms with Gasteiger partial charge in [0.2, 0.25) is 0 Å². The second-order valence-electron chi connectivity index (χ2n) is 18.7. The molecule has 0 fully saturated rings. The second-order valence-corrected chi connectivity index (χ2v) is 18.7. The summed E-state index contributed by atoms with van der Waals surface area (Å²) < 4.78 is 12.5. The number of benzene rings is 10. The molecule has 71 heavy (non-hydrogen) atoms. The zero-order chi connectivity index (χ0) is 46.3. The summed E-state index contributed by atoms with van der Waals surface area (Å²) in [5.74, 6) is 1.62. The molecule has 0 radical (unpaired) electrons. The molecule has 6 heterocycles. The molecule has 0 N–H and O–H groups in total. The smallest absolute Gasteiger partial charge is 0.166 e. The predicted molar refractivity (Wildman–Crippen MR) is 296 cm³/mol. The maximum absolute atomic E-state index is 6.40. The zero-order valence-corrected chi connectivity index (χ0v) is 38.3. The summed E-state index contributed by atoms with van der Waals surface area (Å²) in [5.41, 5.74) is 13.8. The van der Waals surface area contributed by atoms with Gasteiger partial charge < -0.3 is 13.7 Å². The first-order chi connectivity index (χ1) is 35.3. The van der Waals surface area contributed by atoms with Crippen LogP contribution in [-0.2, 0) is 0 Å². The van der Waals surface area contributed by atoms with Crippen LogP contribution in [0.2, 0.25) is 0 Å². The monoisotopic (exact) mass is 904 g/mol. The molecule has 0 amide bonds. The average Bonchev–Trinajstić information content (AvgIpc) is 4.23. The van der Waals surface area contributed by atoms with E-state index >= 15 is 0 Å². The molecule has 10 aromatic carbocycles. The molecule has 0 spiro atoms. The number of para-hydroxylation sites is 10. The Balaban J connectivity index is 1.28. The van der Waals surface area contributed by atoms with Gasteiger partial charge in [-0.05, 0) is 60.7 Å². The summed E-state index contributed by atoms with van der Waals surface area (Å²) in [4.78, 5) is 6.40. The standard InChI is InChI=1S/C65H40N6/c1-11-31-51-41(21-1)42-22-2-12-32-52(42)67(51)61-62(68-53-33-13-3-23-43(53)44-24-4-14-34-54(44)68)64(70-57-37-17-7-27-47(57)48-28-8-18-38-58(48)70)66-65(71-59-39-19-9-29-49(59)50-30-10-20-40-60(50)71)63(61)69-55-35-15-5-25-45(55)46-26-6-16-36-56(46)69/h1-40H. The Bertz CT molecular complexity index is 4380. The summed E-state index contributed by atoms with van der Waals surface area (Å²) >= 11 is 0. The van der Waals surface area contributed by atoms with E-state index < -0.39 is 0 Å². The van der Waals surface area contributed by atoms with Crippen molar-refractivity contribution in [3.63, 3.8) is 0 Å². The van der Waals surface area contributed by atoms with Gasteiger partial charge in [-0.2, -0.15) is 0 Å². The van der Waals surface area contributed by atoms with Gasteiger partial charge in [0.05, 0.1) is 55.2 Å². The van der Waals surface area contributed by atoms with E-state index in [1.165, 1.54) is 53.9 Å². The number of rotatable bonds is 5. The fourth-order valence-electron chi connectivity index (χ4n) is 12.3. The van der Waals surface area contributed by atoms with E-state index in [0.717, 1.165) is 83.9 Å². The van der Waals surface area contributed by atoms with Crippen molar-refractivity contribution in [3.8, 4) is 28.7 Å². The lowest BCUT2D eigenvalue weighted by atomic mass is 10.1. The third-order valence-corrected chi connectivity index (χ3v) is 15.1.